The molecule has 0 fully saturated rings. The molecule has 2 aromatic heterocycles. The Morgan fingerprint density at radius 2 is 1.96 bits per heavy atom. The van der Waals surface area contributed by atoms with Crippen molar-refractivity contribution in [3.05, 3.63) is 65.7 Å². The average molecular weight is 396 g/mol. The number of esters is 1. The number of rotatable bonds is 6. The van der Waals surface area contributed by atoms with Crippen LogP contribution in [0.25, 0.3) is 22.3 Å². The topological polar surface area (TPSA) is 116 Å². The molecule has 0 aliphatic heterocycles. The Labute approximate surface area is 164 Å². The van der Waals surface area contributed by atoms with Gasteiger partial charge in [0.15, 0.2) is 6.61 Å². The largest absolute Gasteiger partial charge is 0.452 e. The zero-order valence-corrected chi connectivity index (χ0v) is 15.4. The molecular formula is C19H16N4O4S. The summed E-state index contributed by atoms with van der Waals surface area (Å²) in [6.45, 7) is -0.604. The highest BCUT2D eigenvalue weighted by Gasteiger charge is 2.12. The molecule has 3 rings (SSSR count). The summed E-state index contributed by atoms with van der Waals surface area (Å²) in [5, 5.41) is 8.36. The molecule has 3 aromatic rings. The van der Waals surface area contributed by atoms with E-state index in [4.69, 9.17) is 10.5 Å². The molecule has 28 heavy (non-hydrogen) atoms. The second-order valence-corrected chi connectivity index (χ2v) is 6.49. The third-order valence-electron chi connectivity index (χ3n) is 3.52. The summed E-state index contributed by atoms with van der Waals surface area (Å²) >= 11 is 1.53. The summed E-state index contributed by atoms with van der Waals surface area (Å²) in [4.78, 5) is 34.6. The molecule has 2 heterocycles. The summed E-state index contributed by atoms with van der Waals surface area (Å²) in [6.07, 6.45) is 4.56. The van der Waals surface area contributed by atoms with Crippen molar-refractivity contribution in [3.8, 4) is 16.3 Å². The Morgan fingerprint density at radius 3 is 2.64 bits per heavy atom. The van der Waals surface area contributed by atoms with E-state index in [1.165, 1.54) is 17.4 Å². The lowest BCUT2D eigenvalue weighted by Crippen LogP contribution is -2.37. The summed E-state index contributed by atoms with van der Waals surface area (Å²) in [7, 11) is 0. The predicted octanol–water partition coefficient (Wildman–Crippen LogP) is 2.35. The number of nitrogens with one attached hydrogen (secondary N) is 1. The quantitative estimate of drug-likeness (QED) is 0.490. The fraction of sp³-hybridized carbons (Fsp3) is 0.0526. The zero-order chi connectivity index (χ0) is 19.9. The van der Waals surface area contributed by atoms with Gasteiger partial charge in [0.05, 0.1) is 10.6 Å². The molecule has 9 heteroatoms. The minimum Gasteiger partial charge on any atom is -0.452 e. The molecule has 3 N–H and O–H groups in total. The number of nitrogens with two attached hydrogens (primary N) is 1. The van der Waals surface area contributed by atoms with Crippen LogP contribution in [0.4, 0.5) is 4.79 Å². The van der Waals surface area contributed by atoms with Crippen LogP contribution in [-0.4, -0.2) is 34.3 Å². The number of thiophene rings is 1. The Balaban J connectivity index is 1.78. The first-order chi connectivity index (χ1) is 13.5. The molecule has 0 aliphatic carbocycles. The van der Waals surface area contributed by atoms with E-state index in [1.807, 2.05) is 53.2 Å². The smallest absolute Gasteiger partial charge is 0.331 e. The van der Waals surface area contributed by atoms with E-state index in [2.05, 4.69) is 5.10 Å². The number of nitrogens with zero attached hydrogens (tertiary/aromatic N) is 2. The number of carbonyl (C=O) groups is 3. The van der Waals surface area contributed by atoms with Gasteiger partial charge in [-0.3, -0.25) is 10.1 Å². The first-order valence-electron chi connectivity index (χ1n) is 8.16. The molecule has 142 valence electrons. The van der Waals surface area contributed by atoms with Crippen molar-refractivity contribution >= 4 is 35.3 Å². The third-order valence-corrected chi connectivity index (χ3v) is 4.40. The van der Waals surface area contributed by atoms with Gasteiger partial charge < -0.3 is 10.5 Å². The fourth-order valence-electron chi connectivity index (χ4n) is 2.34. The Hall–Kier alpha value is -3.72. The van der Waals surface area contributed by atoms with Crippen molar-refractivity contribution < 1.29 is 19.1 Å². The van der Waals surface area contributed by atoms with Crippen molar-refractivity contribution in [2.24, 2.45) is 5.73 Å². The van der Waals surface area contributed by atoms with Gasteiger partial charge in [-0.2, -0.15) is 5.10 Å². The van der Waals surface area contributed by atoms with Crippen LogP contribution in [0.2, 0.25) is 0 Å². The standard InChI is InChI=1S/C19H16N4O4S/c20-19(26)21-16(24)12-27-17(25)9-8-13-11-23(14-5-2-1-3-6-14)22-18(13)15-7-4-10-28-15/h1-11H,12H2,(H3,20,21,24,26)/b9-8+. The monoisotopic (exact) mass is 396 g/mol. The maximum atomic E-state index is 11.9. The molecule has 1 aromatic carbocycles. The highest BCUT2D eigenvalue weighted by molar-refractivity contribution is 7.13. The van der Waals surface area contributed by atoms with Crippen LogP contribution in [0.5, 0.6) is 0 Å². The van der Waals surface area contributed by atoms with Gasteiger partial charge in [-0.25, -0.2) is 14.3 Å². The van der Waals surface area contributed by atoms with Crippen LogP contribution < -0.4 is 11.1 Å². The number of aromatic nitrogens is 2. The summed E-state index contributed by atoms with van der Waals surface area (Å²) in [6, 6.07) is 12.4. The number of para-hydroxylation sites is 1. The van der Waals surface area contributed by atoms with E-state index in [1.54, 1.807) is 17.0 Å². The number of ether oxygens (including phenoxy) is 1. The van der Waals surface area contributed by atoms with Crippen LogP contribution in [0.3, 0.4) is 0 Å². The lowest BCUT2D eigenvalue weighted by molar-refractivity contribution is -0.143. The Kier molecular flexibility index (Phi) is 5.97. The average Bonchev–Trinajstić information content (AvgIpc) is 3.34. The second-order valence-electron chi connectivity index (χ2n) is 5.54. The molecule has 0 bridgehead atoms. The van der Waals surface area contributed by atoms with Crippen LogP contribution in [0.15, 0.2) is 60.1 Å². The van der Waals surface area contributed by atoms with Crippen LogP contribution in [0.1, 0.15) is 5.56 Å². The van der Waals surface area contributed by atoms with E-state index in [0.717, 1.165) is 16.3 Å². The number of carbonyl (C=O) groups excluding carboxylic acids is 3. The minimum absolute atomic E-state index is 0.604. The molecule has 0 atom stereocenters. The molecule has 0 unspecified atom stereocenters. The number of amides is 3. The molecule has 0 spiro atoms. The molecule has 8 nitrogen and oxygen atoms in total. The van der Waals surface area contributed by atoms with Gasteiger partial charge >= 0.3 is 12.0 Å². The SMILES string of the molecule is NC(=O)NC(=O)COC(=O)/C=C/c1cn(-c2ccccc2)nc1-c1cccs1. The molecule has 0 aliphatic rings. The number of hydrogen-bond acceptors (Lipinski definition) is 6. The zero-order valence-electron chi connectivity index (χ0n) is 14.6. The van der Waals surface area contributed by atoms with E-state index >= 15 is 0 Å². The lowest BCUT2D eigenvalue weighted by Gasteiger charge is -2.01. The fourth-order valence-corrected chi connectivity index (χ4v) is 3.07. The highest BCUT2D eigenvalue weighted by atomic mass is 32.1. The Morgan fingerprint density at radius 1 is 1.18 bits per heavy atom. The first-order valence-corrected chi connectivity index (χ1v) is 9.04. The Bertz CT molecular complexity index is 1010. The number of imide groups is 1. The number of benzene rings is 1. The van der Waals surface area contributed by atoms with Gasteiger partial charge in [-0.05, 0) is 29.7 Å². The third kappa shape index (κ3) is 4.92. The van der Waals surface area contributed by atoms with Crippen molar-refractivity contribution in [2.45, 2.75) is 0 Å². The van der Waals surface area contributed by atoms with Crippen molar-refractivity contribution in [1.29, 1.82) is 0 Å². The molecule has 0 saturated carbocycles. The van der Waals surface area contributed by atoms with E-state index in [0.29, 0.717) is 5.56 Å². The van der Waals surface area contributed by atoms with Gasteiger partial charge in [-0.1, -0.05) is 24.3 Å². The summed E-state index contributed by atoms with van der Waals surface area (Å²) in [5.41, 5.74) is 7.12. The van der Waals surface area contributed by atoms with E-state index in [9.17, 15) is 14.4 Å². The molecular weight excluding hydrogens is 380 g/mol. The number of primary amides is 1. The van der Waals surface area contributed by atoms with Crippen molar-refractivity contribution in [3.63, 3.8) is 0 Å². The van der Waals surface area contributed by atoms with E-state index < -0.39 is 24.5 Å². The molecule has 0 saturated heterocycles. The lowest BCUT2D eigenvalue weighted by atomic mass is 10.2. The molecule has 0 radical (unpaired) electrons. The highest BCUT2D eigenvalue weighted by Crippen LogP contribution is 2.28. The van der Waals surface area contributed by atoms with Gasteiger partial charge in [0.25, 0.3) is 5.91 Å². The van der Waals surface area contributed by atoms with Crippen LogP contribution in [0, 0.1) is 0 Å². The van der Waals surface area contributed by atoms with Crippen LogP contribution in [-0.2, 0) is 14.3 Å². The maximum absolute atomic E-state index is 11.9. The van der Waals surface area contributed by atoms with Gasteiger partial charge in [0.2, 0.25) is 0 Å². The molecule has 3 amide bonds. The summed E-state index contributed by atoms with van der Waals surface area (Å²) in [5.74, 6) is -1.53. The van der Waals surface area contributed by atoms with Crippen molar-refractivity contribution in [1.82, 2.24) is 15.1 Å². The van der Waals surface area contributed by atoms with E-state index in [-0.39, 0.29) is 0 Å². The number of urea groups is 1. The van der Waals surface area contributed by atoms with Gasteiger partial charge in [0.1, 0.15) is 5.69 Å². The summed E-state index contributed by atoms with van der Waals surface area (Å²) < 4.78 is 6.50. The maximum Gasteiger partial charge on any atom is 0.331 e. The van der Waals surface area contributed by atoms with Crippen LogP contribution >= 0.6 is 11.3 Å². The number of hydrogen-bond donors (Lipinski definition) is 2. The first kappa shape index (κ1) is 19.1. The minimum atomic E-state index is -1.01. The second kappa shape index (κ2) is 8.78. The predicted molar refractivity (Wildman–Crippen MR) is 105 cm³/mol. The van der Waals surface area contributed by atoms with Crippen molar-refractivity contribution in [2.75, 3.05) is 6.61 Å². The van der Waals surface area contributed by atoms with Gasteiger partial charge in [-0.15, -0.1) is 11.3 Å². The van der Waals surface area contributed by atoms with Gasteiger partial charge in [0, 0.05) is 17.8 Å². The normalized spacial score (nSPS) is 10.7.